The number of fused-ring (bicyclic) bond motifs is 1. The summed E-state index contributed by atoms with van der Waals surface area (Å²) in [6, 6.07) is 13.4. The Balaban J connectivity index is 0.965. The van der Waals surface area contributed by atoms with Crippen molar-refractivity contribution < 1.29 is 41.8 Å². The van der Waals surface area contributed by atoms with Crippen molar-refractivity contribution >= 4 is 5.82 Å². The second-order valence-electron chi connectivity index (χ2n) is 10.5. The standard InChI is InChI=1S/C28H31F3N4O7/c1-27(18-34-17-25(35(36)37)32-26(34)42-27)19-40-22-4-2-20(3-5-22)16-33-12-10-23(11-13-33)39-15-14-38-21-6-8-24(9-7-21)41-28(29,30)31/h2-9,17,23H,10-16,18-19H2,1H3/t27-/m1/s1. The fourth-order valence-electron chi connectivity index (χ4n) is 4.89. The third kappa shape index (κ3) is 8.03. The van der Waals surface area contributed by atoms with E-state index in [1.807, 2.05) is 31.2 Å². The molecule has 42 heavy (non-hydrogen) atoms. The van der Waals surface area contributed by atoms with E-state index < -0.39 is 16.9 Å². The van der Waals surface area contributed by atoms with Crippen molar-refractivity contribution in [3.63, 3.8) is 0 Å². The molecule has 5 rings (SSSR count). The third-order valence-electron chi connectivity index (χ3n) is 6.93. The van der Waals surface area contributed by atoms with E-state index in [4.69, 9.17) is 18.9 Å². The monoisotopic (exact) mass is 592 g/mol. The smallest absolute Gasteiger partial charge is 0.491 e. The van der Waals surface area contributed by atoms with E-state index in [0.717, 1.165) is 38.0 Å². The van der Waals surface area contributed by atoms with Gasteiger partial charge in [0, 0.05) is 24.6 Å². The lowest BCUT2D eigenvalue weighted by atomic mass is 10.1. The number of hydrogen-bond acceptors (Lipinski definition) is 9. The molecule has 0 N–H and O–H groups in total. The highest BCUT2D eigenvalue weighted by atomic mass is 19.4. The lowest BCUT2D eigenvalue weighted by molar-refractivity contribution is -0.389. The Kier molecular flexibility index (Phi) is 8.73. The summed E-state index contributed by atoms with van der Waals surface area (Å²) >= 11 is 0. The van der Waals surface area contributed by atoms with Crippen molar-refractivity contribution in [2.45, 2.75) is 50.9 Å². The quantitative estimate of drug-likeness (QED) is 0.163. The van der Waals surface area contributed by atoms with Gasteiger partial charge in [-0.05, 0) is 66.7 Å². The number of imidazole rings is 1. The van der Waals surface area contributed by atoms with E-state index in [0.29, 0.717) is 31.3 Å². The number of alkyl halides is 3. The zero-order valence-electron chi connectivity index (χ0n) is 22.9. The van der Waals surface area contributed by atoms with Crippen molar-refractivity contribution in [3.05, 3.63) is 70.4 Å². The molecule has 1 saturated heterocycles. The van der Waals surface area contributed by atoms with Crippen LogP contribution in [0.4, 0.5) is 19.0 Å². The van der Waals surface area contributed by atoms with E-state index in [1.54, 1.807) is 4.57 Å². The summed E-state index contributed by atoms with van der Waals surface area (Å²) in [4.78, 5) is 16.6. The van der Waals surface area contributed by atoms with Crippen LogP contribution >= 0.6 is 0 Å². The summed E-state index contributed by atoms with van der Waals surface area (Å²) in [7, 11) is 0. The van der Waals surface area contributed by atoms with E-state index in [9.17, 15) is 23.3 Å². The first-order valence-corrected chi connectivity index (χ1v) is 13.5. The van der Waals surface area contributed by atoms with Crippen LogP contribution in [0.1, 0.15) is 25.3 Å². The zero-order valence-corrected chi connectivity index (χ0v) is 22.9. The number of hydrogen-bond donors (Lipinski definition) is 0. The number of likely N-dealkylation sites (tertiary alicyclic amines) is 1. The molecule has 0 radical (unpaired) electrons. The fraction of sp³-hybridized carbons (Fsp3) is 0.464. The molecule has 0 bridgehead atoms. The lowest BCUT2D eigenvalue weighted by Crippen LogP contribution is -2.38. The van der Waals surface area contributed by atoms with Gasteiger partial charge < -0.3 is 33.8 Å². The Morgan fingerprint density at radius 1 is 1.02 bits per heavy atom. The molecule has 2 aromatic carbocycles. The Labute approximate surface area is 239 Å². The van der Waals surface area contributed by atoms with Gasteiger partial charge >= 0.3 is 18.2 Å². The van der Waals surface area contributed by atoms with Crippen LogP contribution < -0.4 is 18.9 Å². The van der Waals surface area contributed by atoms with Gasteiger partial charge in [0.25, 0.3) is 0 Å². The fourth-order valence-corrected chi connectivity index (χ4v) is 4.89. The first kappa shape index (κ1) is 29.5. The van der Waals surface area contributed by atoms with Crippen LogP contribution in [0.2, 0.25) is 0 Å². The average Bonchev–Trinajstić information content (AvgIpc) is 3.47. The molecule has 11 nitrogen and oxygen atoms in total. The van der Waals surface area contributed by atoms with Crippen molar-refractivity contribution in [2.24, 2.45) is 0 Å². The van der Waals surface area contributed by atoms with Crippen LogP contribution in [-0.2, 0) is 17.8 Å². The molecular formula is C28H31F3N4O7. The van der Waals surface area contributed by atoms with E-state index >= 15 is 0 Å². The summed E-state index contributed by atoms with van der Waals surface area (Å²) in [6.45, 7) is 5.84. The van der Waals surface area contributed by atoms with Gasteiger partial charge in [-0.3, -0.25) is 9.47 Å². The highest BCUT2D eigenvalue weighted by Gasteiger charge is 2.41. The number of halogens is 3. The maximum Gasteiger partial charge on any atom is 0.573 e. The number of aromatic nitrogens is 2. The molecule has 3 aromatic rings. The van der Waals surface area contributed by atoms with E-state index in [-0.39, 0.29) is 30.3 Å². The highest BCUT2D eigenvalue weighted by Crippen LogP contribution is 2.31. The second kappa shape index (κ2) is 12.4. The van der Waals surface area contributed by atoms with Gasteiger partial charge in [0.05, 0.1) is 19.3 Å². The molecule has 1 atom stereocenters. The van der Waals surface area contributed by atoms with Gasteiger partial charge in [0.15, 0.2) is 5.60 Å². The molecule has 0 saturated carbocycles. The highest BCUT2D eigenvalue weighted by molar-refractivity contribution is 5.31. The molecule has 0 unspecified atom stereocenters. The normalized spacial score (nSPS) is 19.2. The summed E-state index contributed by atoms with van der Waals surface area (Å²) in [5.74, 6) is 0.623. The maximum absolute atomic E-state index is 12.2. The molecule has 1 aromatic heterocycles. The molecule has 226 valence electrons. The van der Waals surface area contributed by atoms with Crippen LogP contribution in [0.3, 0.4) is 0 Å². The molecule has 0 aliphatic carbocycles. The average molecular weight is 593 g/mol. The molecule has 1 fully saturated rings. The van der Waals surface area contributed by atoms with Crippen LogP contribution in [0, 0.1) is 10.1 Å². The minimum atomic E-state index is -4.72. The predicted molar refractivity (Wildman–Crippen MR) is 143 cm³/mol. The van der Waals surface area contributed by atoms with Crippen LogP contribution in [0.25, 0.3) is 0 Å². The molecule has 14 heteroatoms. The number of rotatable bonds is 12. The Morgan fingerprint density at radius 3 is 2.31 bits per heavy atom. The van der Waals surface area contributed by atoms with Crippen LogP contribution in [-0.4, -0.2) is 70.4 Å². The molecular weight excluding hydrogens is 561 g/mol. The summed E-state index contributed by atoms with van der Waals surface area (Å²) < 4.78 is 65.4. The molecule has 0 spiro atoms. The molecule has 2 aliphatic heterocycles. The molecule has 3 heterocycles. The topological polar surface area (TPSA) is 110 Å². The number of piperidine rings is 1. The van der Waals surface area contributed by atoms with Crippen molar-refractivity contribution in [1.29, 1.82) is 0 Å². The number of nitro groups is 1. The maximum atomic E-state index is 12.2. The van der Waals surface area contributed by atoms with Gasteiger partial charge in [0.2, 0.25) is 0 Å². The zero-order chi connectivity index (χ0) is 29.7. The van der Waals surface area contributed by atoms with Gasteiger partial charge in [-0.2, -0.15) is 0 Å². The Bertz CT molecular complexity index is 1320. The van der Waals surface area contributed by atoms with Crippen LogP contribution in [0.15, 0.2) is 54.7 Å². The van der Waals surface area contributed by atoms with Crippen molar-refractivity contribution in [3.8, 4) is 23.3 Å². The minimum Gasteiger partial charge on any atom is -0.491 e. The summed E-state index contributed by atoms with van der Waals surface area (Å²) in [5.41, 5.74) is 0.493. The number of ether oxygens (including phenoxy) is 5. The van der Waals surface area contributed by atoms with Crippen LogP contribution in [0.5, 0.6) is 23.3 Å². The van der Waals surface area contributed by atoms with Gasteiger partial charge in [0.1, 0.15) is 36.7 Å². The number of nitrogens with zero attached hydrogens (tertiary/aromatic N) is 4. The third-order valence-corrected chi connectivity index (χ3v) is 6.93. The van der Waals surface area contributed by atoms with Gasteiger partial charge in [-0.15, -0.1) is 13.2 Å². The SMILES string of the molecule is C[C@]1(COc2ccc(CN3CCC(OCCOc4ccc(OC(F)(F)F)cc4)CC3)cc2)Cn2cc([N+](=O)[O-])nc2O1. The van der Waals surface area contributed by atoms with E-state index in [1.165, 1.54) is 30.5 Å². The number of benzene rings is 2. The lowest BCUT2D eigenvalue weighted by Gasteiger charge is -2.32. The first-order chi connectivity index (χ1) is 20.0. The summed E-state index contributed by atoms with van der Waals surface area (Å²) in [5, 5.41) is 10.9. The summed E-state index contributed by atoms with van der Waals surface area (Å²) in [6.07, 6.45) is -1.44. The van der Waals surface area contributed by atoms with Crippen molar-refractivity contribution in [1.82, 2.24) is 14.5 Å². The Morgan fingerprint density at radius 2 is 1.67 bits per heavy atom. The largest absolute Gasteiger partial charge is 0.573 e. The van der Waals surface area contributed by atoms with Crippen molar-refractivity contribution in [2.75, 3.05) is 32.9 Å². The first-order valence-electron chi connectivity index (χ1n) is 13.5. The Hall–Kier alpha value is -4.04. The predicted octanol–water partition coefficient (Wildman–Crippen LogP) is 4.98. The van der Waals surface area contributed by atoms with Gasteiger partial charge in [-0.1, -0.05) is 12.1 Å². The second-order valence-corrected chi connectivity index (χ2v) is 10.5. The van der Waals surface area contributed by atoms with Gasteiger partial charge in [-0.25, -0.2) is 0 Å². The molecule has 0 amide bonds. The molecule has 2 aliphatic rings. The van der Waals surface area contributed by atoms with E-state index in [2.05, 4.69) is 14.6 Å². The minimum absolute atomic E-state index is 0.130.